The number of rotatable bonds is 3. The number of hydrogen-bond donors (Lipinski definition) is 1. The Bertz CT molecular complexity index is 958. The number of halogens is 4. The number of nitrogens with zero attached hydrogens (tertiary/aromatic N) is 2. The summed E-state index contributed by atoms with van der Waals surface area (Å²) in [5, 5.41) is 2.64. The highest BCUT2D eigenvalue weighted by Gasteiger charge is 2.33. The van der Waals surface area contributed by atoms with Crippen LogP contribution in [-0.4, -0.2) is 15.9 Å². The Morgan fingerprint density at radius 1 is 1.27 bits per heavy atom. The molecule has 0 unspecified atom stereocenters. The lowest BCUT2D eigenvalue weighted by Crippen LogP contribution is -2.13. The highest BCUT2D eigenvalue weighted by molar-refractivity contribution is 7.17. The van der Waals surface area contributed by atoms with Gasteiger partial charge in [0.15, 0.2) is 0 Å². The number of carbonyl (C=O) groups excluding carboxylic acids is 1. The van der Waals surface area contributed by atoms with Gasteiger partial charge in [0, 0.05) is 23.6 Å². The fourth-order valence-electron chi connectivity index (χ4n) is 2.23. The summed E-state index contributed by atoms with van der Waals surface area (Å²) in [5.74, 6) is -0.536. The summed E-state index contributed by atoms with van der Waals surface area (Å²) >= 11 is 6.73. The maximum Gasteiger partial charge on any atom is 0.417 e. The summed E-state index contributed by atoms with van der Waals surface area (Å²) in [7, 11) is 0. The molecule has 0 saturated carbocycles. The topological polar surface area (TPSA) is 54.9 Å². The quantitative estimate of drug-likeness (QED) is 0.640. The van der Waals surface area contributed by atoms with Gasteiger partial charge in [0.1, 0.15) is 9.88 Å². The van der Waals surface area contributed by atoms with Crippen LogP contribution in [0.2, 0.25) is 5.02 Å². The summed E-state index contributed by atoms with van der Waals surface area (Å²) in [6.45, 7) is 1.66. The monoisotopic (exact) mass is 397 g/mol. The van der Waals surface area contributed by atoms with Gasteiger partial charge in [0.05, 0.1) is 16.3 Å². The number of alkyl halides is 3. The Hall–Kier alpha value is -2.45. The van der Waals surface area contributed by atoms with Gasteiger partial charge in [0.2, 0.25) is 0 Å². The molecule has 2 heterocycles. The number of hydrogen-bond acceptors (Lipinski definition) is 4. The lowest BCUT2D eigenvalue weighted by atomic mass is 10.2. The zero-order valence-electron chi connectivity index (χ0n) is 13.3. The van der Waals surface area contributed by atoms with Crippen LogP contribution in [0.25, 0.3) is 10.6 Å². The van der Waals surface area contributed by atoms with Gasteiger partial charge in [0.25, 0.3) is 5.91 Å². The van der Waals surface area contributed by atoms with E-state index in [0.717, 1.165) is 29.0 Å². The van der Waals surface area contributed by atoms with E-state index in [-0.39, 0.29) is 5.69 Å². The van der Waals surface area contributed by atoms with E-state index in [0.29, 0.717) is 15.6 Å². The van der Waals surface area contributed by atoms with Crippen molar-refractivity contribution in [1.29, 1.82) is 0 Å². The minimum Gasteiger partial charge on any atom is -0.321 e. The van der Waals surface area contributed by atoms with Crippen molar-refractivity contribution >= 4 is 34.5 Å². The zero-order chi connectivity index (χ0) is 18.9. The number of nitrogens with one attached hydrogen (secondary N) is 1. The van der Waals surface area contributed by atoms with Crippen LogP contribution in [0.3, 0.4) is 0 Å². The van der Waals surface area contributed by atoms with Gasteiger partial charge in [-0.25, -0.2) is 4.98 Å². The Morgan fingerprint density at radius 3 is 2.69 bits per heavy atom. The standard InChI is InChI=1S/C17H11ClF3N3OS/c1-9-14(26-16(23-9)10-3-2-6-22-8-10)15(25)24-11-4-5-13(18)12(7-11)17(19,20)21/h2-8H,1H3,(H,24,25). The second-order valence-corrected chi connectivity index (χ2v) is 6.73. The maximum atomic E-state index is 12.9. The first-order valence-electron chi connectivity index (χ1n) is 7.31. The third kappa shape index (κ3) is 3.86. The Labute approximate surface area is 155 Å². The molecule has 0 spiro atoms. The van der Waals surface area contributed by atoms with Crippen LogP contribution in [0.4, 0.5) is 18.9 Å². The number of aromatic nitrogens is 2. The van der Waals surface area contributed by atoms with Crippen LogP contribution >= 0.6 is 22.9 Å². The molecule has 1 amide bonds. The molecule has 3 aromatic rings. The van der Waals surface area contributed by atoms with Gasteiger partial charge in [-0.2, -0.15) is 13.2 Å². The number of anilines is 1. The summed E-state index contributed by atoms with van der Waals surface area (Å²) in [6, 6.07) is 6.77. The van der Waals surface area contributed by atoms with Crippen molar-refractivity contribution in [2.75, 3.05) is 5.32 Å². The van der Waals surface area contributed by atoms with Gasteiger partial charge in [-0.05, 0) is 37.3 Å². The Morgan fingerprint density at radius 2 is 2.04 bits per heavy atom. The van der Waals surface area contributed by atoms with Crippen LogP contribution in [-0.2, 0) is 6.18 Å². The molecule has 0 radical (unpaired) electrons. The third-order valence-corrected chi connectivity index (χ3v) is 4.98. The second-order valence-electron chi connectivity index (χ2n) is 5.32. The van der Waals surface area contributed by atoms with E-state index in [9.17, 15) is 18.0 Å². The summed E-state index contributed by atoms with van der Waals surface area (Å²) in [6.07, 6.45) is -1.36. The predicted octanol–water partition coefficient (Wildman–Crippen LogP) is 5.44. The summed E-state index contributed by atoms with van der Waals surface area (Å²) < 4.78 is 38.8. The van der Waals surface area contributed by atoms with Gasteiger partial charge in [-0.15, -0.1) is 11.3 Å². The van der Waals surface area contributed by atoms with Crippen LogP contribution in [0.5, 0.6) is 0 Å². The molecule has 0 aliphatic carbocycles. The van der Waals surface area contributed by atoms with Gasteiger partial charge in [-0.1, -0.05) is 11.6 Å². The molecule has 0 bridgehead atoms. The first kappa shape index (κ1) is 18.3. The first-order valence-corrected chi connectivity index (χ1v) is 8.51. The zero-order valence-corrected chi connectivity index (χ0v) is 14.8. The molecule has 4 nitrogen and oxygen atoms in total. The molecular formula is C17H11ClF3N3OS. The lowest BCUT2D eigenvalue weighted by Gasteiger charge is -2.11. The Kier molecular flexibility index (Phi) is 4.97. The molecule has 0 atom stereocenters. The predicted molar refractivity (Wildman–Crippen MR) is 94.5 cm³/mol. The van der Waals surface area contributed by atoms with Crippen molar-refractivity contribution in [3.05, 3.63) is 63.9 Å². The maximum absolute atomic E-state index is 12.9. The highest BCUT2D eigenvalue weighted by atomic mass is 35.5. The minimum absolute atomic E-state index is 0.00227. The molecule has 134 valence electrons. The van der Waals surface area contributed by atoms with E-state index >= 15 is 0 Å². The van der Waals surface area contributed by atoms with Crippen LogP contribution in [0, 0.1) is 6.92 Å². The average Bonchev–Trinajstić information content (AvgIpc) is 2.98. The van der Waals surface area contributed by atoms with Crippen molar-refractivity contribution < 1.29 is 18.0 Å². The number of amides is 1. The normalized spacial score (nSPS) is 11.4. The van der Waals surface area contributed by atoms with Crippen LogP contribution in [0.1, 0.15) is 20.9 Å². The number of carbonyl (C=O) groups is 1. The molecule has 1 aromatic carbocycles. The molecule has 0 saturated heterocycles. The number of benzene rings is 1. The SMILES string of the molecule is Cc1nc(-c2cccnc2)sc1C(=O)Nc1ccc(Cl)c(C(F)(F)F)c1. The third-order valence-electron chi connectivity index (χ3n) is 3.44. The van der Waals surface area contributed by atoms with Crippen molar-refractivity contribution in [1.82, 2.24) is 9.97 Å². The fraction of sp³-hybridized carbons (Fsp3) is 0.118. The van der Waals surface area contributed by atoms with Gasteiger partial charge in [-0.3, -0.25) is 9.78 Å². The largest absolute Gasteiger partial charge is 0.417 e. The first-order chi connectivity index (χ1) is 12.3. The average molecular weight is 398 g/mol. The second kappa shape index (κ2) is 7.05. The molecule has 0 aliphatic heterocycles. The van der Waals surface area contributed by atoms with E-state index in [1.54, 1.807) is 25.4 Å². The molecule has 0 aliphatic rings. The molecule has 0 fully saturated rings. The molecular weight excluding hydrogens is 387 g/mol. The van der Waals surface area contributed by atoms with E-state index < -0.39 is 22.7 Å². The minimum atomic E-state index is -4.61. The molecule has 9 heteroatoms. The van der Waals surface area contributed by atoms with E-state index in [1.165, 1.54) is 6.07 Å². The van der Waals surface area contributed by atoms with Crippen LogP contribution in [0.15, 0.2) is 42.7 Å². The van der Waals surface area contributed by atoms with E-state index in [2.05, 4.69) is 15.3 Å². The summed E-state index contributed by atoms with van der Waals surface area (Å²) in [5.41, 5.74) is 0.235. The molecule has 1 N–H and O–H groups in total. The molecule has 2 aromatic heterocycles. The fourth-order valence-corrected chi connectivity index (χ4v) is 3.40. The van der Waals surface area contributed by atoms with Crippen molar-refractivity contribution in [2.24, 2.45) is 0 Å². The number of thiazole rings is 1. The molecule has 26 heavy (non-hydrogen) atoms. The Balaban J connectivity index is 1.86. The highest BCUT2D eigenvalue weighted by Crippen LogP contribution is 2.36. The number of pyridine rings is 1. The van der Waals surface area contributed by atoms with Crippen molar-refractivity contribution in [2.45, 2.75) is 13.1 Å². The van der Waals surface area contributed by atoms with E-state index in [4.69, 9.17) is 11.6 Å². The van der Waals surface area contributed by atoms with Crippen molar-refractivity contribution in [3.63, 3.8) is 0 Å². The summed E-state index contributed by atoms with van der Waals surface area (Å²) in [4.78, 5) is 21.1. The smallest absolute Gasteiger partial charge is 0.321 e. The van der Waals surface area contributed by atoms with Gasteiger partial charge >= 0.3 is 6.18 Å². The number of aryl methyl sites for hydroxylation is 1. The van der Waals surface area contributed by atoms with Crippen molar-refractivity contribution in [3.8, 4) is 10.6 Å². The lowest BCUT2D eigenvalue weighted by molar-refractivity contribution is -0.137. The van der Waals surface area contributed by atoms with Gasteiger partial charge < -0.3 is 5.32 Å². The van der Waals surface area contributed by atoms with Crippen LogP contribution < -0.4 is 5.32 Å². The van der Waals surface area contributed by atoms with E-state index in [1.807, 2.05) is 6.07 Å². The molecule has 3 rings (SSSR count).